The fourth-order valence-corrected chi connectivity index (χ4v) is 3.91. The molecule has 0 spiro atoms. The molecule has 4 rings (SSSR count). The first-order chi connectivity index (χ1) is 15.0. The Kier molecular flexibility index (Phi) is 6.30. The highest BCUT2D eigenvalue weighted by molar-refractivity contribution is 5.95. The van der Waals surface area contributed by atoms with Crippen molar-refractivity contribution in [1.82, 2.24) is 5.32 Å². The van der Waals surface area contributed by atoms with E-state index in [1.165, 1.54) is 0 Å². The summed E-state index contributed by atoms with van der Waals surface area (Å²) in [5.41, 5.74) is 1.76. The van der Waals surface area contributed by atoms with Gasteiger partial charge in [-0.05, 0) is 42.2 Å². The van der Waals surface area contributed by atoms with Crippen LogP contribution < -0.4 is 24.4 Å². The van der Waals surface area contributed by atoms with E-state index in [1.807, 2.05) is 30.3 Å². The maximum atomic E-state index is 12.6. The Morgan fingerprint density at radius 2 is 1.94 bits per heavy atom. The van der Waals surface area contributed by atoms with E-state index in [4.69, 9.17) is 14.2 Å². The van der Waals surface area contributed by atoms with E-state index in [2.05, 4.69) is 19.2 Å². The van der Waals surface area contributed by atoms with E-state index >= 15 is 0 Å². The second kappa shape index (κ2) is 9.29. The minimum absolute atomic E-state index is 0.106. The van der Waals surface area contributed by atoms with Crippen molar-refractivity contribution in [2.24, 2.45) is 5.92 Å². The highest BCUT2D eigenvalue weighted by Gasteiger charge is 2.23. The van der Waals surface area contributed by atoms with Crippen molar-refractivity contribution >= 4 is 17.5 Å². The summed E-state index contributed by atoms with van der Waals surface area (Å²) in [5, 5.41) is 3.06. The van der Waals surface area contributed by atoms with Crippen LogP contribution in [0, 0.1) is 5.92 Å². The van der Waals surface area contributed by atoms with Gasteiger partial charge in [0.05, 0.1) is 6.04 Å². The number of rotatable bonds is 7. The SMILES string of the molecule is CC(C)C(NC(=O)COc1cccc(N2CCCC2=O)c1)c1ccc2c(c1)OCCO2. The van der Waals surface area contributed by atoms with Crippen molar-refractivity contribution in [1.29, 1.82) is 0 Å². The average Bonchev–Trinajstić information content (AvgIpc) is 3.21. The molecule has 2 heterocycles. The first-order valence-electron chi connectivity index (χ1n) is 10.7. The molecule has 0 aromatic heterocycles. The second-order valence-corrected chi connectivity index (χ2v) is 8.13. The van der Waals surface area contributed by atoms with Gasteiger partial charge in [0.25, 0.3) is 5.91 Å². The van der Waals surface area contributed by atoms with Crippen LogP contribution in [0.3, 0.4) is 0 Å². The first-order valence-corrected chi connectivity index (χ1v) is 10.7. The summed E-state index contributed by atoms with van der Waals surface area (Å²) in [4.78, 5) is 26.3. The number of nitrogens with zero attached hydrogens (tertiary/aromatic N) is 1. The number of fused-ring (bicyclic) bond motifs is 1. The lowest BCUT2D eigenvalue weighted by molar-refractivity contribution is -0.124. The number of ether oxygens (including phenoxy) is 3. The van der Waals surface area contributed by atoms with Gasteiger partial charge in [-0.1, -0.05) is 26.0 Å². The summed E-state index contributed by atoms with van der Waals surface area (Å²) in [5.74, 6) is 2.07. The van der Waals surface area contributed by atoms with Gasteiger partial charge in [0.15, 0.2) is 18.1 Å². The molecular formula is C24H28N2O5. The standard InChI is InChI=1S/C24H28N2O5/c1-16(2)24(17-8-9-20-21(13-17)30-12-11-29-20)25-22(27)15-31-19-6-3-5-18(14-19)26-10-4-7-23(26)28/h3,5-6,8-9,13-14,16,24H,4,7,10-12,15H2,1-2H3,(H,25,27). The molecule has 2 aliphatic heterocycles. The maximum absolute atomic E-state index is 12.6. The van der Waals surface area contributed by atoms with Crippen molar-refractivity contribution in [3.8, 4) is 17.2 Å². The summed E-state index contributed by atoms with van der Waals surface area (Å²) in [7, 11) is 0. The molecule has 2 amide bonds. The van der Waals surface area contributed by atoms with Gasteiger partial charge in [-0.2, -0.15) is 0 Å². The number of carbonyl (C=O) groups is 2. The summed E-state index contributed by atoms with van der Waals surface area (Å²) in [6.07, 6.45) is 1.44. The monoisotopic (exact) mass is 424 g/mol. The van der Waals surface area contributed by atoms with Crippen molar-refractivity contribution in [3.63, 3.8) is 0 Å². The molecule has 1 atom stereocenters. The highest BCUT2D eigenvalue weighted by atomic mass is 16.6. The molecule has 0 aliphatic carbocycles. The second-order valence-electron chi connectivity index (χ2n) is 8.13. The number of anilines is 1. The smallest absolute Gasteiger partial charge is 0.258 e. The molecule has 7 heteroatoms. The zero-order valence-electron chi connectivity index (χ0n) is 17.9. The van der Waals surface area contributed by atoms with Gasteiger partial charge in [-0.15, -0.1) is 0 Å². The van der Waals surface area contributed by atoms with Crippen LogP contribution in [0.1, 0.15) is 38.3 Å². The average molecular weight is 424 g/mol. The van der Waals surface area contributed by atoms with Crippen LogP contribution in [0.15, 0.2) is 42.5 Å². The molecule has 0 saturated carbocycles. The Bertz CT molecular complexity index is 959. The van der Waals surface area contributed by atoms with E-state index in [1.54, 1.807) is 17.0 Å². The Morgan fingerprint density at radius 3 is 2.68 bits per heavy atom. The molecule has 31 heavy (non-hydrogen) atoms. The highest BCUT2D eigenvalue weighted by Crippen LogP contribution is 2.34. The van der Waals surface area contributed by atoms with Crippen LogP contribution in [-0.4, -0.2) is 38.2 Å². The van der Waals surface area contributed by atoms with Gasteiger partial charge in [0.2, 0.25) is 5.91 Å². The molecule has 2 aliphatic rings. The Morgan fingerprint density at radius 1 is 1.13 bits per heavy atom. The molecule has 1 fully saturated rings. The van der Waals surface area contributed by atoms with E-state index < -0.39 is 0 Å². The molecule has 0 bridgehead atoms. The van der Waals surface area contributed by atoms with E-state index in [9.17, 15) is 9.59 Å². The molecule has 7 nitrogen and oxygen atoms in total. The predicted molar refractivity (Wildman–Crippen MR) is 117 cm³/mol. The topological polar surface area (TPSA) is 77.1 Å². The maximum Gasteiger partial charge on any atom is 0.258 e. The number of nitrogens with one attached hydrogen (secondary N) is 1. The van der Waals surface area contributed by atoms with Crippen LogP contribution in [0.25, 0.3) is 0 Å². The number of carbonyl (C=O) groups excluding carboxylic acids is 2. The molecule has 164 valence electrons. The molecule has 1 N–H and O–H groups in total. The summed E-state index contributed by atoms with van der Waals surface area (Å²) >= 11 is 0. The lowest BCUT2D eigenvalue weighted by Crippen LogP contribution is -2.35. The summed E-state index contributed by atoms with van der Waals surface area (Å²) < 4.78 is 17.0. The zero-order chi connectivity index (χ0) is 21.8. The van der Waals surface area contributed by atoms with Crippen molar-refractivity contribution < 1.29 is 23.8 Å². The fraction of sp³-hybridized carbons (Fsp3) is 0.417. The summed E-state index contributed by atoms with van der Waals surface area (Å²) in [6.45, 7) is 5.78. The van der Waals surface area contributed by atoms with Gasteiger partial charge in [0.1, 0.15) is 19.0 Å². The Hall–Kier alpha value is -3.22. The Labute approximate surface area is 182 Å². The van der Waals surface area contributed by atoms with Crippen molar-refractivity contribution in [2.75, 3.05) is 31.3 Å². The fourth-order valence-electron chi connectivity index (χ4n) is 3.91. The van der Waals surface area contributed by atoms with Gasteiger partial charge in [0, 0.05) is 24.7 Å². The Balaban J connectivity index is 1.38. The third kappa shape index (κ3) is 4.93. The van der Waals surface area contributed by atoms with Crippen LogP contribution in [0.5, 0.6) is 17.2 Å². The molecule has 1 unspecified atom stereocenters. The molecule has 2 aromatic rings. The van der Waals surface area contributed by atoms with E-state index in [0.717, 1.165) is 23.4 Å². The third-order valence-electron chi connectivity index (χ3n) is 5.48. The van der Waals surface area contributed by atoms with Crippen molar-refractivity contribution in [3.05, 3.63) is 48.0 Å². The van der Waals surface area contributed by atoms with Crippen LogP contribution >= 0.6 is 0 Å². The molecular weight excluding hydrogens is 396 g/mol. The van der Waals surface area contributed by atoms with E-state index in [0.29, 0.717) is 37.7 Å². The molecule has 0 radical (unpaired) electrons. The van der Waals surface area contributed by atoms with Crippen LogP contribution in [-0.2, 0) is 9.59 Å². The predicted octanol–water partition coefficient (Wildman–Crippen LogP) is 3.48. The first kappa shape index (κ1) is 21.0. The van der Waals surface area contributed by atoms with Gasteiger partial charge >= 0.3 is 0 Å². The van der Waals surface area contributed by atoms with Gasteiger partial charge < -0.3 is 24.4 Å². The third-order valence-corrected chi connectivity index (χ3v) is 5.48. The lowest BCUT2D eigenvalue weighted by atomic mass is 9.95. The number of hydrogen-bond donors (Lipinski definition) is 1. The largest absolute Gasteiger partial charge is 0.486 e. The number of benzene rings is 2. The molecule has 1 saturated heterocycles. The van der Waals surface area contributed by atoms with Crippen LogP contribution in [0.2, 0.25) is 0 Å². The number of amides is 2. The van der Waals surface area contributed by atoms with Gasteiger partial charge in [-0.3, -0.25) is 9.59 Å². The quantitative estimate of drug-likeness (QED) is 0.736. The minimum atomic E-state index is -0.212. The minimum Gasteiger partial charge on any atom is -0.486 e. The number of hydrogen-bond acceptors (Lipinski definition) is 5. The molecule has 2 aromatic carbocycles. The summed E-state index contributed by atoms with van der Waals surface area (Å²) in [6, 6.07) is 12.9. The normalized spacial score (nSPS) is 16.4. The van der Waals surface area contributed by atoms with E-state index in [-0.39, 0.29) is 30.4 Å². The van der Waals surface area contributed by atoms with Gasteiger partial charge in [-0.25, -0.2) is 0 Å². The van der Waals surface area contributed by atoms with Crippen LogP contribution in [0.4, 0.5) is 5.69 Å². The van der Waals surface area contributed by atoms with Crippen molar-refractivity contribution in [2.45, 2.75) is 32.7 Å². The lowest BCUT2D eigenvalue weighted by Gasteiger charge is -2.25. The zero-order valence-corrected chi connectivity index (χ0v) is 17.9.